The zero-order valence-electron chi connectivity index (χ0n) is 9.23. The van der Waals surface area contributed by atoms with Crippen LogP contribution in [0.3, 0.4) is 0 Å². The van der Waals surface area contributed by atoms with Crippen LogP contribution in [0.4, 0.5) is 10.5 Å². The van der Waals surface area contributed by atoms with Gasteiger partial charge in [0.25, 0.3) is 5.69 Å². The number of nitrogens with zero attached hydrogens (tertiary/aromatic N) is 4. The van der Waals surface area contributed by atoms with Gasteiger partial charge in [0.2, 0.25) is 0 Å². The maximum atomic E-state index is 11.1. The minimum absolute atomic E-state index is 0.159. The molecular formula is C9H7ClN5O4+. The first-order valence-corrected chi connectivity index (χ1v) is 5.27. The van der Waals surface area contributed by atoms with E-state index < -0.39 is 11.0 Å². The highest BCUT2D eigenvalue weighted by Gasteiger charge is 2.19. The Morgan fingerprint density at radius 1 is 1.58 bits per heavy atom. The molecule has 0 radical (unpaired) electrons. The van der Waals surface area contributed by atoms with Gasteiger partial charge in [-0.3, -0.25) is 15.3 Å². The molecule has 0 aliphatic heterocycles. The van der Waals surface area contributed by atoms with Crippen LogP contribution in [0, 0.1) is 10.1 Å². The molecule has 0 saturated heterocycles. The van der Waals surface area contributed by atoms with Gasteiger partial charge in [0.15, 0.2) is 18.1 Å². The second-order valence-electron chi connectivity index (χ2n) is 3.39. The van der Waals surface area contributed by atoms with Crippen molar-refractivity contribution in [2.45, 2.75) is 0 Å². The summed E-state index contributed by atoms with van der Waals surface area (Å²) in [6.45, 7) is 0. The second-order valence-corrected chi connectivity index (χ2v) is 3.79. The number of amides is 1. The van der Waals surface area contributed by atoms with Crippen LogP contribution in [0.5, 0.6) is 0 Å². The van der Waals surface area contributed by atoms with Gasteiger partial charge in [-0.15, -0.1) is 0 Å². The summed E-state index contributed by atoms with van der Waals surface area (Å²) in [5.41, 5.74) is 1.47. The molecule has 19 heavy (non-hydrogen) atoms. The molecular weight excluding hydrogens is 278 g/mol. The zero-order chi connectivity index (χ0) is 14.0. The minimum Gasteiger partial charge on any atom is -0.285 e. The van der Waals surface area contributed by atoms with Crippen LogP contribution in [0.2, 0.25) is 5.02 Å². The number of carbonyl (C=O) groups is 1. The Morgan fingerprint density at radius 3 is 2.95 bits per heavy atom. The van der Waals surface area contributed by atoms with Crippen molar-refractivity contribution in [2.24, 2.45) is 0 Å². The Labute approximate surface area is 110 Å². The zero-order valence-corrected chi connectivity index (χ0v) is 9.98. The summed E-state index contributed by atoms with van der Waals surface area (Å²) >= 11 is 5.92. The standard InChI is InChI=1S/C9H6ClN5O4/c10-7-2-1-6(15(18)19)5-8(7)13-3-4-14(12-13)9(16)11-17/h1-5H,(H-,11,12,16,17)/p+1. The van der Waals surface area contributed by atoms with Crippen LogP contribution < -0.4 is 10.2 Å². The number of nitro groups is 1. The number of carbonyl (C=O) groups excluding carboxylic acids is 1. The van der Waals surface area contributed by atoms with E-state index in [0.29, 0.717) is 0 Å². The first-order valence-electron chi connectivity index (χ1n) is 4.89. The van der Waals surface area contributed by atoms with Crippen molar-refractivity contribution in [3.63, 3.8) is 0 Å². The van der Waals surface area contributed by atoms with Gasteiger partial charge in [-0.05, 0) is 10.7 Å². The number of rotatable bonds is 2. The lowest BCUT2D eigenvalue weighted by atomic mass is 10.3. The Morgan fingerprint density at radius 2 is 2.32 bits per heavy atom. The van der Waals surface area contributed by atoms with Crippen LogP contribution in [0.25, 0.3) is 5.69 Å². The second kappa shape index (κ2) is 5.00. The molecule has 2 rings (SSSR count). The molecule has 0 saturated carbocycles. The number of hydroxylamine groups is 1. The van der Waals surface area contributed by atoms with Crippen molar-refractivity contribution in [1.82, 2.24) is 15.4 Å². The molecule has 1 aromatic heterocycles. The van der Waals surface area contributed by atoms with E-state index >= 15 is 0 Å². The molecule has 1 heterocycles. The van der Waals surface area contributed by atoms with Crippen LogP contribution in [-0.4, -0.2) is 26.1 Å². The maximum Gasteiger partial charge on any atom is 0.457 e. The lowest BCUT2D eigenvalue weighted by Gasteiger charge is -1.97. The fourth-order valence-corrected chi connectivity index (χ4v) is 1.57. The molecule has 2 aromatic rings. The predicted molar refractivity (Wildman–Crippen MR) is 61.1 cm³/mol. The number of nitro benzene ring substituents is 1. The summed E-state index contributed by atoms with van der Waals surface area (Å²) in [5, 5.41) is 23.1. The minimum atomic E-state index is -0.875. The number of hydrogen-bond donors (Lipinski definition) is 2. The van der Waals surface area contributed by atoms with Gasteiger partial charge in [-0.25, -0.2) is 4.79 Å². The first-order chi connectivity index (χ1) is 9.02. The molecule has 0 aliphatic rings. The van der Waals surface area contributed by atoms with E-state index in [4.69, 9.17) is 16.8 Å². The summed E-state index contributed by atoms with van der Waals surface area (Å²) in [7, 11) is 0. The van der Waals surface area contributed by atoms with Crippen molar-refractivity contribution in [3.05, 3.63) is 45.7 Å². The van der Waals surface area contributed by atoms with Crippen LogP contribution >= 0.6 is 11.6 Å². The molecule has 0 aliphatic carbocycles. The summed E-state index contributed by atoms with van der Waals surface area (Å²) in [6.07, 6.45) is 2.61. The van der Waals surface area contributed by atoms with Gasteiger partial charge >= 0.3 is 6.03 Å². The van der Waals surface area contributed by atoms with E-state index in [-0.39, 0.29) is 16.4 Å². The molecule has 1 amide bonds. The first kappa shape index (κ1) is 12.9. The van der Waals surface area contributed by atoms with Gasteiger partial charge < -0.3 is 0 Å². The monoisotopic (exact) mass is 284 g/mol. The average Bonchev–Trinajstić information content (AvgIpc) is 2.87. The van der Waals surface area contributed by atoms with E-state index in [2.05, 4.69) is 5.21 Å². The maximum absolute atomic E-state index is 11.1. The normalized spacial score (nSPS) is 10.2. The molecule has 9 nitrogen and oxygen atoms in total. The molecule has 10 heteroatoms. The van der Waals surface area contributed by atoms with Gasteiger partial charge in [0, 0.05) is 6.07 Å². The van der Waals surface area contributed by atoms with Gasteiger partial charge in [0.05, 0.1) is 16.0 Å². The Balaban J connectivity index is 2.46. The quantitative estimate of drug-likeness (QED) is 0.364. The lowest BCUT2D eigenvalue weighted by Crippen LogP contribution is -2.36. The van der Waals surface area contributed by atoms with Crippen molar-refractivity contribution < 1.29 is 19.6 Å². The Hall–Kier alpha value is -2.52. The third-order valence-electron chi connectivity index (χ3n) is 2.23. The van der Waals surface area contributed by atoms with Gasteiger partial charge in [-0.2, -0.15) is 5.48 Å². The van der Waals surface area contributed by atoms with Crippen molar-refractivity contribution >= 4 is 23.3 Å². The number of hydrogen-bond acceptors (Lipinski definition) is 5. The van der Waals surface area contributed by atoms with Crippen molar-refractivity contribution in [3.8, 4) is 5.69 Å². The SMILES string of the molecule is O=C(NO)n1cc[n+](-c2cc([N+](=O)[O-])ccc2Cl)n1. The fraction of sp³-hybridized carbons (Fsp3) is 0. The van der Waals surface area contributed by atoms with Crippen LogP contribution in [-0.2, 0) is 0 Å². The number of aromatic nitrogens is 3. The predicted octanol–water partition coefficient (Wildman–Crippen LogP) is 0.668. The highest BCUT2D eigenvalue weighted by molar-refractivity contribution is 6.32. The molecule has 2 N–H and O–H groups in total. The van der Waals surface area contributed by atoms with E-state index in [1.807, 2.05) is 0 Å². The Bertz CT molecular complexity index is 656. The highest BCUT2D eigenvalue weighted by atomic mass is 35.5. The summed E-state index contributed by atoms with van der Waals surface area (Å²) < 4.78 is 1.97. The van der Waals surface area contributed by atoms with E-state index in [0.717, 1.165) is 4.68 Å². The largest absolute Gasteiger partial charge is 0.457 e. The molecule has 0 bridgehead atoms. The topological polar surface area (TPSA) is 114 Å². The average molecular weight is 285 g/mol. The third-order valence-corrected chi connectivity index (χ3v) is 2.55. The molecule has 0 spiro atoms. The fourth-order valence-electron chi connectivity index (χ4n) is 1.37. The number of non-ortho nitro benzene ring substituents is 1. The summed E-state index contributed by atoms with van der Waals surface area (Å²) in [6, 6.07) is 2.95. The molecule has 0 atom stereocenters. The molecule has 1 aromatic carbocycles. The Kier molecular flexibility index (Phi) is 3.40. The van der Waals surface area contributed by atoms with Crippen LogP contribution in [0.15, 0.2) is 30.6 Å². The number of nitrogens with one attached hydrogen (secondary N) is 1. The lowest BCUT2D eigenvalue weighted by molar-refractivity contribution is -0.660. The highest BCUT2D eigenvalue weighted by Crippen LogP contribution is 2.21. The molecule has 0 fully saturated rings. The number of halogens is 1. The molecule has 98 valence electrons. The van der Waals surface area contributed by atoms with Crippen molar-refractivity contribution in [2.75, 3.05) is 0 Å². The van der Waals surface area contributed by atoms with Crippen LogP contribution in [0.1, 0.15) is 0 Å². The third kappa shape index (κ3) is 2.51. The number of benzene rings is 1. The summed E-state index contributed by atoms with van der Waals surface area (Å²) in [4.78, 5) is 21.2. The van der Waals surface area contributed by atoms with E-state index in [1.165, 1.54) is 40.8 Å². The van der Waals surface area contributed by atoms with E-state index in [1.54, 1.807) is 0 Å². The smallest absolute Gasteiger partial charge is 0.285 e. The van der Waals surface area contributed by atoms with Gasteiger partial charge in [0.1, 0.15) is 5.21 Å². The summed E-state index contributed by atoms with van der Waals surface area (Å²) in [5.74, 6) is 0. The van der Waals surface area contributed by atoms with E-state index in [9.17, 15) is 14.9 Å². The van der Waals surface area contributed by atoms with Crippen molar-refractivity contribution in [1.29, 1.82) is 0 Å². The van der Waals surface area contributed by atoms with Gasteiger partial charge in [-0.1, -0.05) is 16.3 Å². The molecule has 0 unspecified atom stereocenters.